The van der Waals surface area contributed by atoms with Crippen molar-refractivity contribution in [2.24, 2.45) is 18.4 Å². The second kappa shape index (κ2) is 14.1. The summed E-state index contributed by atoms with van der Waals surface area (Å²) in [6.45, 7) is 8.85. The number of nitrogens with one attached hydrogen (secondary N) is 1. The fourth-order valence-electron chi connectivity index (χ4n) is 7.07. The van der Waals surface area contributed by atoms with Gasteiger partial charge in [-0.3, -0.25) is 14.6 Å². The number of pyridine rings is 1. The highest BCUT2D eigenvalue weighted by Gasteiger charge is 2.35. The fourth-order valence-corrected chi connectivity index (χ4v) is 7.07. The third-order valence-corrected chi connectivity index (χ3v) is 9.91. The van der Waals surface area contributed by atoms with Crippen molar-refractivity contribution >= 4 is 28.9 Å². The molecule has 1 aliphatic rings. The number of ether oxygens (including phenoxy) is 2. The summed E-state index contributed by atoms with van der Waals surface area (Å²) < 4.78 is 28.6. The monoisotopic (exact) mass is 692 g/mol. The zero-order valence-corrected chi connectivity index (χ0v) is 30.3. The van der Waals surface area contributed by atoms with Gasteiger partial charge in [-0.15, -0.1) is 0 Å². The molecule has 1 N–H and O–H groups in total. The number of hydrogen-bond donors (Lipinski definition) is 1. The lowest BCUT2D eigenvalue weighted by molar-refractivity contribution is -0.144. The first kappa shape index (κ1) is 35.5. The topological polar surface area (TPSA) is 115 Å². The molecular formula is C40H45FN6O4. The van der Waals surface area contributed by atoms with Gasteiger partial charge in [-0.1, -0.05) is 51.5 Å². The van der Waals surface area contributed by atoms with Crippen molar-refractivity contribution in [2.45, 2.75) is 58.8 Å². The number of likely N-dealkylation sites (N-methyl/N-ethyl adjacent to an activating group) is 1. The molecule has 266 valence electrons. The third-order valence-electron chi connectivity index (χ3n) is 9.91. The summed E-state index contributed by atoms with van der Waals surface area (Å²) in [5.74, 6) is 0.197. The summed E-state index contributed by atoms with van der Waals surface area (Å²) in [6.07, 6.45) is 9.34. The van der Waals surface area contributed by atoms with Crippen LogP contribution in [0.2, 0.25) is 0 Å². The first-order chi connectivity index (χ1) is 24.3. The molecule has 1 amide bonds. The maximum atomic E-state index is 15.7. The molecule has 5 aromatic rings. The average molecular weight is 693 g/mol. The van der Waals surface area contributed by atoms with Crippen LogP contribution in [-0.4, -0.2) is 62.2 Å². The third kappa shape index (κ3) is 7.43. The van der Waals surface area contributed by atoms with Crippen molar-refractivity contribution in [1.82, 2.24) is 29.6 Å². The molecule has 1 aliphatic heterocycles. The van der Waals surface area contributed by atoms with Gasteiger partial charge < -0.3 is 19.4 Å². The van der Waals surface area contributed by atoms with E-state index in [0.29, 0.717) is 47.1 Å². The molecule has 4 heterocycles. The first-order valence-electron chi connectivity index (χ1n) is 17.2. The lowest BCUT2D eigenvalue weighted by Gasteiger charge is -2.33. The molecule has 3 aromatic heterocycles. The van der Waals surface area contributed by atoms with Crippen LogP contribution in [0.1, 0.15) is 69.5 Å². The van der Waals surface area contributed by atoms with Crippen LogP contribution < -0.4 is 4.74 Å². The van der Waals surface area contributed by atoms with E-state index in [4.69, 9.17) is 19.6 Å². The molecule has 0 aliphatic carbocycles. The van der Waals surface area contributed by atoms with Crippen molar-refractivity contribution in [3.8, 4) is 23.0 Å². The minimum Gasteiger partial charge on any atom is -0.469 e. The summed E-state index contributed by atoms with van der Waals surface area (Å²) >= 11 is 0. The van der Waals surface area contributed by atoms with Crippen LogP contribution in [0, 0.1) is 17.2 Å². The number of hydrogen-bond acceptors (Lipinski definition) is 7. The van der Waals surface area contributed by atoms with Crippen molar-refractivity contribution < 1.29 is 23.5 Å². The highest BCUT2D eigenvalue weighted by Crippen LogP contribution is 2.40. The number of amides is 1. The second-order valence-corrected chi connectivity index (χ2v) is 14.6. The van der Waals surface area contributed by atoms with Gasteiger partial charge in [-0.2, -0.15) is 5.10 Å². The predicted molar refractivity (Wildman–Crippen MR) is 195 cm³/mol. The minimum atomic E-state index is -0.609. The van der Waals surface area contributed by atoms with E-state index in [0.717, 1.165) is 35.8 Å². The van der Waals surface area contributed by atoms with Crippen LogP contribution >= 0.6 is 0 Å². The van der Waals surface area contributed by atoms with E-state index < -0.39 is 11.2 Å². The Morgan fingerprint density at radius 3 is 2.69 bits per heavy atom. The Morgan fingerprint density at radius 2 is 1.90 bits per heavy atom. The standard InChI is InChI=1S/C40H45FN6O4/c1-25(37(49)50-7)20-26-10-8-11-27(21-26)40(4)17-9-16-39(2,3)24-46(5)34(48)13-12-30-29-15-19-42-32(29)23-31(41)35(30)51-28-14-18-43-33(22-28)36-44-38(40)45-47(36)6/h8,10-15,18-19,21-23,25,42H,9,16-17,20,24H2,1-7H3/b13-12+/t25-,40+/m0/s1. The van der Waals surface area contributed by atoms with Gasteiger partial charge >= 0.3 is 5.97 Å². The van der Waals surface area contributed by atoms with Crippen molar-refractivity contribution in [2.75, 3.05) is 20.7 Å². The van der Waals surface area contributed by atoms with Crippen LogP contribution in [0.25, 0.3) is 28.5 Å². The van der Waals surface area contributed by atoms with Gasteiger partial charge in [0.15, 0.2) is 23.2 Å². The number of rotatable bonds is 4. The molecule has 4 bridgehead atoms. The molecule has 0 unspecified atom stereocenters. The molecule has 11 heteroatoms. The highest BCUT2D eigenvalue weighted by molar-refractivity contribution is 5.97. The maximum absolute atomic E-state index is 15.7. The van der Waals surface area contributed by atoms with E-state index in [1.165, 1.54) is 19.3 Å². The quantitative estimate of drug-likeness (QED) is 0.193. The van der Waals surface area contributed by atoms with Crippen LogP contribution in [0.15, 0.2) is 67.0 Å². The van der Waals surface area contributed by atoms with Crippen molar-refractivity contribution in [1.29, 1.82) is 0 Å². The van der Waals surface area contributed by atoms with E-state index >= 15 is 4.39 Å². The van der Waals surface area contributed by atoms with Crippen molar-refractivity contribution in [3.63, 3.8) is 0 Å². The molecule has 51 heavy (non-hydrogen) atoms. The Morgan fingerprint density at radius 1 is 1.10 bits per heavy atom. The Labute approximate surface area is 297 Å². The van der Waals surface area contributed by atoms with E-state index in [1.54, 1.807) is 47.2 Å². The maximum Gasteiger partial charge on any atom is 0.308 e. The van der Waals surface area contributed by atoms with Gasteiger partial charge in [-0.05, 0) is 60.9 Å². The summed E-state index contributed by atoms with van der Waals surface area (Å²) in [7, 11) is 5.03. The lowest BCUT2D eigenvalue weighted by atomic mass is 9.74. The number of aromatic amines is 1. The van der Waals surface area contributed by atoms with E-state index in [9.17, 15) is 9.59 Å². The Hall–Kier alpha value is -5.32. The zero-order chi connectivity index (χ0) is 36.5. The molecule has 10 nitrogen and oxygen atoms in total. The molecule has 0 radical (unpaired) electrons. The predicted octanol–water partition coefficient (Wildman–Crippen LogP) is 7.63. The molecule has 0 saturated heterocycles. The van der Waals surface area contributed by atoms with Gasteiger partial charge in [0.25, 0.3) is 0 Å². The largest absolute Gasteiger partial charge is 0.469 e. The van der Waals surface area contributed by atoms with E-state index in [-0.39, 0.29) is 29.0 Å². The lowest BCUT2D eigenvalue weighted by Crippen LogP contribution is -2.35. The molecule has 0 fully saturated rings. The number of carbonyl (C=O) groups is 2. The number of aryl methyl sites for hydroxylation is 1. The molecule has 2 aromatic carbocycles. The number of halogens is 1. The fraction of sp³-hybridized carbons (Fsp3) is 0.375. The molecule has 6 rings (SSSR count). The van der Waals surface area contributed by atoms with Crippen LogP contribution in [0.3, 0.4) is 0 Å². The summed E-state index contributed by atoms with van der Waals surface area (Å²) in [4.78, 5) is 40.1. The molecule has 0 saturated carbocycles. The van der Waals surface area contributed by atoms with Gasteiger partial charge in [-0.25, -0.2) is 14.1 Å². The first-order valence-corrected chi connectivity index (χ1v) is 17.2. The summed E-state index contributed by atoms with van der Waals surface area (Å²) in [6, 6.07) is 14.8. The minimum absolute atomic E-state index is 0.00294. The van der Waals surface area contributed by atoms with Gasteiger partial charge in [0.05, 0.1) is 18.4 Å². The van der Waals surface area contributed by atoms with Crippen molar-refractivity contribution in [3.05, 3.63) is 95.3 Å². The number of esters is 1. The number of benzene rings is 2. The molecule has 0 spiro atoms. The molecule has 2 atom stereocenters. The summed E-state index contributed by atoms with van der Waals surface area (Å²) in [5.41, 5.74) is 2.77. The Balaban J connectivity index is 1.46. The van der Waals surface area contributed by atoms with Crippen LogP contribution in [0.5, 0.6) is 11.5 Å². The highest BCUT2D eigenvalue weighted by atomic mass is 19.1. The SMILES string of the molecule is COC(=O)[C@@H](C)Cc1cccc([C@@]2(C)CCCC(C)(C)CN(C)C(=O)/C=C/c3c(c(F)cc4[nH]ccc34)Oc3ccnc(c3)-c3nc2nn3C)c1. The van der Waals surface area contributed by atoms with Gasteiger partial charge in [0.1, 0.15) is 11.4 Å². The van der Waals surface area contributed by atoms with E-state index in [1.807, 2.05) is 32.2 Å². The van der Waals surface area contributed by atoms with Crippen LogP contribution in [-0.2, 0) is 33.2 Å². The van der Waals surface area contributed by atoms with E-state index in [2.05, 4.69) is 42.9 Å². The molecular weight excluding hydrogens is 647 g/mol. The van der Waals surface area contributed by atoms with Gasteiger partial charge in [0.2, 0.25) is 5.91 Å². The number of carbonyl (C=O) groups excluding carboxylic acids is 2. The Kier molecular flexibility index (Phi) is 9.83. The normalized spacial score (nSPS) is 19.3. The zero-order valence-electron chi connectivity index (χ0n) is 30.3. The number of aromatic nitrogens is 5. The second-order valence-electron chi connectivity index (χ2n) is 14.6. The number of H-pyrrole nitrogens is 1. The van der Waals surface area contributed by atoms with Crippen LogP contribution in [0.4, 0.5) is 4.39 Å². The number of fused-ring (bicyclic) bond motifs is 8. The van der Waals surface area contributed by atoms with Gasteiger partial charge in [0, 0.05) is 67.7 Å². The summed E-state index contributed by atoms with van der Waals surface area (Å²) in [5, 5.41) is 5.68. The number of methoxy groups -OCH3 is 1. The average Bonchev–Trinajstić information content (AvgIpc) is 3.73. The number of nitrogens with zero attached hydrogens (tertiary/aromatic N) is 5. The smallest absolute Gasteiger partial charge is 0.308 e. The Bertz CT molecular complexity index is 2120.